The first-order valence-corrected chi connectivity index (χ1v) is 11.4. The second-order valence-electron chi connectivity index (χ2n) is 7.36. The van der Waals surface area contributed by atoms with Gasteiger partial charge in [-0.1, -0.05) is 73.8 Å². The fourth-order valence-electron chi connectivity index (χ4n) is 3.25. The van der Waals surface area contributed by atoms with Gasteiger partial charge in [0.05, 0.1) is 28.0 Å². The summed E-state index contributed by atoms with van der Waals surface area (Å²) >= 11 is 12.3. The molecule has 32 heavy (non-hydrogen) atoms. The minimum Gasteiger partial charge on any atom is -0.333 e. The van der Waals surface area contributed by atoms with Crippen LogP contribution in [0.3, 0.4) is 0 Å². The van der Waals surface area contributed by atoms with E-state index >= 15 is 0 Å². The fourth-order valence-corrected chi connectivity index (χ4v) is 3.55. The first kappa shape index (κ1) is 23.8. The minimum atomic E-state index is -0.288. The van der Waals surface area contributed by atoms with Crippen LogP contribution < -0.4 is 5.32 Å². The number of anilines is 1. The Morgan fingerprint density at radius 2 is 1.78 bits per heavy atom. The number of rotatable bonds is 9. The predicted molar refractivity (Wildman–Crippen MR) is 129 cm³/mol. The summed E-state index contributed by atoms with van der Waals surface area (Å²) in [6, 6.07) is 16.6. The second-order valence-corrected chi connectivity index (χ2v) is 8.18. The van der Waals surface area contributed by atoms with Gasteiger partial charge in [0, 0.05) is 24.6 Å². The summed E-state index contributed by atoms with van der Waals surface area (Å²) in [4.78, 5) is 26.7. The zero-order valence-corrected chi connectivity index (χ0v) is 19.7. The molecule has 1 N–H and O–H groups in total. The van der Waals surface area contributed by atoms with E-state index in [9.17, 15) is 9.59 Å². The average molecular weight is 473 g/mol. The molecule has 0 spiro atoms. The Morgan fingerprint density at radius 1 is 1.03 bits per heavy atom. The van der Waals surface area contributed by atoms with E-state index in [1.807, 2.05) is 30.3 Å². The molecule has 8 heteroatoms. The van der Waals surface area contributed by atoms with Crippen LogP contribution in [-0.4, -0.2) is 39.6 Å². The SMILES string of the molecule is CCCCN(CC(=O)Nc1cc(-c2ccccc2)nn1-c1ccc(Cl)c(Cl)c1)C(=O)CC. The zero-order chi connectivity index (χ0) is 23.1. The lowest BCUT2D eigenvalue weighted by molar-refractivity contribution is -0.134. The Balaban J connectivity index is 1.91. The Morgan fingerprint density at radius 3 is 2.44 bits per heavy atom. The van der Waals surface area contributed by atoms with E-state index < -0.39 is 0 Å². The number of unbranched alkanes of at least 4 members (excludes halogenated alkanes) is 1. The van der Waals surface area contributed by atoms with Gasteiger partial charge >= 0.3 is 0 Å². The van der Waals surface area contributed by atoms with Gasteiger partial charge in [-0.25, -0.2) is 4.68 Å². The van der Waals surface area contributed by atoms with Gasteiger partial charge in [-0.2, -0.15) is 5.10 Å². The van der Waals surface area contributed by atoms with Gasteiger partial charge in [0.25, 0.3) is 0 Å². The van der Waals surface area contributed by atoms with Gasteiger partial charge in [0.2, 0.25) is 11.8 Å². The molecule has 2 amide bonds. The van der Waals surface area contributed by atoms with E-state index in [1.165, 1.54) is 0 Å². The smallest absolute Gasteiger partial charge is 0.245 e. The van der Waals surface area contributed by atoms with Gasteiger partial charge in [-0.3, -0.25) is 9.59 Å². The third kappa shape index (κ3) is 5.90. The van der Waals surface area contributed by atoms with Crippen molar-refractivity contribution in [3.8, 4) is 16.9 Å². The third-order valence-corrected chi connectivity index (χ3v) is 5.70. The number of amides is 2. The quantitative estimate of drug-likeness (QED) is 0.426. The van der Waals surface area contributed by atoms with Crippen molar-refractivity contribution in [2.24, 2.45) is 0 Å². The van der Waals surface area contributed by atoms with Crippen molar-refractivity contribution in [1.82, 2.24) is 14.7 Å². The molecule has 0 radical (unpaired) electrons. The van der Waals surface area contributed by atoms with Crippen LogP contribution in [0.5, 0.6) is 0 Å². The normalized spacial score (nSPS) is 10.8. The molecule has 3 aromatic rings. The maximum atomic E-state index is 12.9. The van der Waals surface area contributed by atoms with Crippen LogP contribution in [0.25, 0.3) is 16.9 Å². The van der Waals surface area contributed by atoms with Crippen molar-refractivity contribution in [3.05, 3.63) is 64.6 Å². The maximum Gasteiger partial charge on any atom is 0.245 e. The van der Waals surface area contributed by atoms with E-state index in [1.54, 1.807) is 40.8 Å². The number of aromatic nitrogens is 2. The predicted octanol–water partition coefficient (Wildman–Crippen LogP) is 5.82. The number of carbonyl (C=O) groups excluding carboxylic acids is 2. The molecule has 0 fully saturated rings. The highest BCUT2D eigenvalue weighted by molar-refractivity contribution is 6.42. The molecule has 168 valence electrons. The molecule has 3 rings (SSSR count). The molecule has 1 heterocycles. The summed E-state index contributed by atoms with van der Waals surface area (Å²) in [6.07, 6.45) is 2.15. The van der Waals surface area contributed by atoms with Crippen molar-refractivity contribution < 1.29 is 9.59 Å². The molecule has 0 atom stereocenters. The second kappa shape index (κ2) is 11.2. The lowest BCUT2D eigenvalue weighted by atomic mass is 10.1. The Hall–Kier alpha value is -2.83. The van der Waals surface area contributed by atoms with Crippen LogP contribution in [0.2, 0.25) is 10.0 Å². The first-order chi connectivity index (χ1) is 15.4. The van der Waals surface area contributed by atoms with Crippen LogP contribution in [0.1, 0.15) is 33.1 Å². The molecule has 0 aliphatic rings. The largest absolute Gasteiger partial charge is 0.333 e. The van der Waals surface area contributed by atoms with E-state index in [0.717, 1.165) is 18.4 Å². The highest BCUT2D eigenvalue weighted by atomic mass is 35.5. The van der Waals surface area contributed by atoms with E-state index in [0.29, 0.717) is 40.2 Å². The molecule has 2 aromatic carbocycles. The molecule has 0 aliphatic heterocycles. The number of benzene rings is 2. The lowest BCUT2D eigenvalue weighted by Gasteiger charge is -2.21. The van der Waals surface area contributed by atoms with Crippen molar-refractivity contribution >= 4 is 40.8 Å². The van der Waals surface area contributed by atoms with Crippen LogP contribution in [0.4, 0.5) is 5.82 Å². The number of nitrogens with one attached hydrogen (secondary N) is 1. The van der Waals surface area contributed by atoms with E-state index in [4.69, 9.17) is 23.2 Å². The third-order valence-electron chi connectivity index (χ3n) is 4.97. The average Bonchev–Trinajstić information content (AvgIpc) is 3.22. The van der Waals surface area contributed by atoms with E-state index in [-0.39, 0.29) is 18.4 Å². The monoisotopic (exact) mass is 472 g/mol. The summed E-state index contributed by atoms with van der Waals surface area (Å²) < 4.78 is 1.61. The summed E-state index contributed by atoms with van der Waals surface area (Å²) in [5, 5.41) is 8.40. The maximum absolute atomic E-state index is 12.9. The van der Waals surface area contributed by atoms with Crippen molar-refractivity contribution in [2.45, 2.75) is 33.1 Å². The summed E-state index contributed by atoms with van der Waals surface area (Å²) in [6.45, 7) is 4.39. The van der Waals surface area contributed by atoms with Crippen LogP contribution in [-0.2, 0) is 9.59 Å². The summed E-state index contributed by atoms with van der Waals surface area (Å²) in [5.74, 6) is 0.145. The molecule has 0 aliphatic carbocycles. The highest BCUT2D eigenvalue weighted by Gasteiger charge is 2.18. The van der Waals surface area contributed by atoms with Crippen LogP contribution in [0.15, 0.2) is 54.6 Å². The molecule has 6 nitrogen and oxygen atoms in total. The van der Waals surface area contributed by atoms with Gasteiger partial charge in [-0.15, -0.1) is 0 Å². The number of carbonyl (C=O) groups is 2. The number of hydrogen-bond donors (Lipinski definition) is 1. The fraction of sp³-hybridized carbons (Fsp3) is 0.292. The van der Waals surface area contributed by atoms with Crippen molar-refractivity contribution in [2.75, 3.05) is 18.4 Å². The van der Waals surface area contributed by atoms with Gasteiger partial charge in [0.1, 0.15) is 5.82 Å². The number of nitrogens with zero attached hydrogens (tertiary/aromatic N) is 3. The molecule has 0 saturated heterocycles. The molecule has 0 saturated carbocycles. The topological polar surface area (TPSA) is 67.2 Å². The first-order valence-electron chi connectivity index (χ1n) is 10.6. The van der Waals surface area contributed by atoms with Gasteiger partial charge in [0.15, 0.2) is 0 Å². The Labute approximate surface area is 198 Å². The molecular weight excluding hydrogens is 447 g/mol. The minimum absolute atomic E-state index is 0.0140. The summed E-state index contributed by atoms with van der Waals surface area (Å²) in [5.41, 5.74) is 2.26. The molecular formula is C24H26Cl2N4O2. The highest BCUT2D eigenvalue weighted by Crippen LogP contribution is 2.28. The molecule has 0 unspecified atom stereocenters. The standard InChI is InChI=1S/C24H26Cl2N4O2/c1-3-5-13-29(24(32)4-2)16-23(31)27-22-15-21(17-9-7-6-8-10-17)28-30(22)18-11-12-19(25)20(26)14-18/h6-12,14-15H,3-5,13,16H2,1-2H3,(H,27,31). The van der Waals surface area contributed by atoms with Crippen molar-refractivity contribution in [3.63, 3.8) is 0 Å². The summed E-state index contributed by atoms with van der Waals surface area (Å²) in [7, 11) is 0. The van der Waals surface area contributed by atoms with E-state index in [2.05, 4.69) is 17.3 Å². The van der Waals surface area contributed by atoms with Crippen LogP contribution >= 0.6 is 23.2 Å². The van der Waals surface area contributed by atoms with Crippen LogP contribution in [0, 0.1) is 0 Å². The molecule has 0 bridgehead atoms. The Bertz CT molecular complexity index is 1080. The number of hydrogen-bond acceptors (Lipinski definition) is 3. The molecule has 1 aromatic heterocycles. The van der Waals surface area contributed by atoms with Gasteiger partial charge in [-0.05, 0) is 24.6 Å². The Kier molecular flexibility index (Phi) is 8.31. The zero-order valence-electron chi connectivity index (χ0n) is 18.1. The van der Waals surface area contributed by atoms with Crippen molar-refractivity contribution in [1.29, 1.82) is 0 Å². The lowest BCUT2D eigenvalue weighted by Crippen LogP contribution is -2.38. The van der Waals surface area contributed by atoms with Gasteiger partial charge < -0.3 is 10.2 Å². The number of halogens is 2.